The Bertz CT molecular complexity index is 508. The summed E-state index contributed by atoms with van der Waals surface area (Å²) < 4.78 is 13.3. The lowest BCUT2D eigenvalue weighted by molar-refractivity contribution is 0.112. The Balaban J connectivity index is 2.94. The molecular weight excluding hydrogens is 181 g/mol. The van der Waals surface area contributed by atoms with Crippen LogP contribution in [0, 0.1) is 12.7 Å². The Labute approximate surface area is 80.4 Å². The van der Waals surface area contributed by atoms with Crippen molar-refractivity contribution in [2.24, 2.45) is 0 Å². The van der Waals surface area contributed by atoms with Crippen molar-refractivity contribution < 1.29 is 9.18 Å². The Hall–Kier alpha value is -1.77. The molecule has 1 aromatic heterocycles. The molecule has 2 aromatic rings. The Morgan fingerprint density at radius 3 is 2.93 bits per heavy atom. The first-order chi connectivity index (χ1) is 6.72. The summed E-state index contributed by atoms with van der Waals surface area (Å²) in [7, 11) is 0. The number of nitrogens with zero attached hydrogens (tertiary/aromatic N) is 1. The van der Waals surface area contributed by atoms with Crippen molar-refractivity contribution in [3.05, 3.63) is 41.3 Å². The first-order valence-electron chi connectivity index (χ1n) is 4.23. The van der Waals surface area contributed by atoms with Gasteiger partial charge in [0.2, 0.25) is 0 Å². The average Bonchev–Trinajstić information content (AvgIpc) is 2.18. The third-order valence-corrected chi connectivity index (χ3v) is 2.08. The van der Waals surface area contributed by atoms with Gasteiger partial charge in [-0.2, -0.15) is 0 Å². The molecule has 1 aromatic carbocycles. The highest BCUT2D eigenvalue weighted by Crippen LogP contribution is 2.19. The van der Waals surface area contributed by atoms with Gasteiger partial charge < -0.3 is 0 Å². The molecule has 2 rings (SSSR count). The van der Waals surface area contributed by atoms with Gasteiger partial charge in [0.25, 0.3) is 0 Å². The second-order valence-corrected chi connectivity index (χ2v) is 3.11. The van der Waals surface area contributed by atoms with Gasteiger partial charge in [-0.3, -0.25) is 4.79 Å². The normalized spacial score (nSPS) is 10.4. The molecule has 0 amide bonds. The van der Waals surface area contributed by atoms with Crippen LogP contribution in [-0.4, -0.2) is 11.3 Å². The van der Waals surface area contributed by atoms with Gasteiger partial charge in [0.05, 0.1) is 0 Å². The van der Waals surface area contributed by atoms with Crippen LogP contribution in [0.3, 0.4) is 0 Å². The third-order valence-electron chi connectivity index (χ3n) is 2.08. The molecule has 2 nitrogen and oxygen atoms in total. The summed E-state index contributed by atoms with van der Waals surface area (Å²) in [6, 6.07) is 6.24. The number of carbonyl (C=O) groups is 1. The molecule has 0 aliphatic heterocycles. The zero-order valence-electron chi connectivity index (χ0n) is 7.62. The molecule has 0 aliphatic carbocycles. The van der Waals surface area contributed by atoms with E-state index in [1.54, 1.807) is 25.1 Å². The van der Waals surface area contributed by atoms with Crippen molar-refractivity contribution in [3.8, 4) is 0 Å². The van der Waals surface area contributed by atoms with Gasteiger partial charge in [-0.15, -0.1) is 0 Å². The fourth-order valence-electron chi connectivity index (χ4n) is 1.47. The maximum atomic E-state index is 13.3. The number of carbonyl (C=O) groups excluding carboxylic acids is 1. The topological polar surface area (TPSA) is 30.0 Å². The van der Waals surface area contributed by atoms with Crippen LogP contribution in [-0.2, 0) is 0 Å². The summed E-state index contributed by atoms with van der Waals surface area (Å²) in [6.45, 7) is 1.74. The largest absolute Gasteiger partial charge is 0.298 e. The van der Waals surface area contributed by atoms with Crippen molar-refractivity contribution >= 4 is 17.2 Å². The van der Waals surface area contributed by atoms with Gasteiger partial charge in [-0.1, -0.05) is 12.1 Å². The first kappa shape index (κ1) is 8.81. The number of para-hydroxylation sites is 1. The van der Waals surface area contributed by atoms with E-state index in [0.717, 1.165) is 6.29 Å². The number of pyridine rings is 1. The van der Waals surface area contributed by atoms with Crippen molar-refractivity contribution in [3.63, 3.8) is 0 Å². The average molecular weight is 189 g/mol. The van der Waals surface area contributed by atoms with Crippen LogP contribution in [0.5, 0.6) is 0 Å². The number of hydrogen-bond donors (Lipinski definition) is 0. The Kier molecular flexibility index (Phi) is 2.00. The van der Waals surface area contributed by atoms with Crippen LogP contribution in [0.25, 0.3) is 10.9 Å². The van der Waals surface area contributed by atoms with Crippen LogP contribution in [0.2, 0.25) is 0 Å². The number of halogens is 1. The first-order valence-corrected chi connectivity index (χ1v) is 4.23. The van der Waals surface area contributed by atoms with E-state index in [0.29, 0.717) is 16.6 Å². The van der Waals surface area contributed by atoms with Gasteiger partial charge in [0.15, 0.2) is 6.29 Å². The molecule has 0 saturated heterocycles. The van der Waals surface area contributed by atoms with Crippen LogP contribution < -0.4 is 0 Å². The SMILES string of the molecule is Cc1cc(C=O)c2cccc(F)c2n1. The molecule has 0 fully saturated rings. The van der Waals surface area contributed by atoms with Crippen molar-refractivity contribution in [2.45, 2.75) is 6.92 Å². The van der Waals surface area contributed by atoms with E-state index in [1.165, 1.54) is 6.07 Å². The summed E-state index contributed by atoms with van der Waals surface area (Å²) >= 11 is 0. The second-order valence-electron chi connectivity index (χ2n) is 3.11. The monoisotopic (exact) mass is 189 g/mol. The number of aryl methyl sites for hydroxylation is 1. The molecule has 0 atom stereocenters. The summed E-state index contributed by atoms with van der Waals surface area (Å²) in [4.78, 5) is 14.8. The number of rotatable bonds is 1. The molecule has 0 radical (unpaired) electrons. The van der Waals surface area contributed by atoms with E-state index in [1.807, 2.05) is 0 Å². The zero-order chi connectivity index (χ0) is 10.1. The Morgan fingerprint density at radius 1 is 1.43 bits per heavy atom. The lowest BCUT2D eigenvalue weighted by atomic mass is 10.1. The van der Waals surface area contributed by atoms with Gasteiger partial charge in [-0.25, -0.2) is 9.37 Å². The highest BCUT2D eigenvalue weighted by atomic mass is 19.1. The Morgan fingerprint density at radius 2 is 2.21 bits per heavy atom. The number of benzene rings is 1. The molecule has 0 saturated carbocycles. The minimum Gasteiger partial charge on any atom is -0.298 e. The lowest BCUT2D eigenvalue weighted by Crippen LogP contribution is -1.92. The zero-order valence-corrected chi connectivity index (χ0v) is 7.62. The number of aldehydes is 1. The quantitative estimate of drug-likeness (QED) is 0.645. The van der Waals surface area contributed by atoms with Gasteiger partial charge in [-0.05, 0) is 19.1 Å². The van der Waals surface area contributed by atoms with E-state index in [9.17, 15) is 9.18 Å². The molecule has 1 heterocycles. The second kappa shape index (κ2) is 3.18. The van der Waals surface area contributed by atoms with Crippen molar-refractivity contribution in [1.82, 2.24) is 4.98 Å². The fourth-order valence-corrected chi connectivity index (χ4v) is 1.47. The molecule has 0 aliphatic rings. The van der Waals surface area contributed by atoms with Crippen LogP contribution in [0.15, 0.2) is 24.3 Å². The highest BCUT2D eigenvalue weighted by molar-refractivity contribution is 5.96. The minimum atomic E-state index is -0.394. The molecule has 0 unspecified atom stereocenters. The van der Waals surface area contributed by atoms with Gasteiger partial charge >= 0.3 is 0 Å². The smallest absolute Gasteiger partial charge is 0.150 e. The maximum absolute atomic E-state index is 13.3. The number of hydrogen-bond acceptors (Lipinski definition) is 2. The highest BCUT2D eigenvalue weighted by Gasteiger charge is 2.06. The van der Waals surface area contributed by atoms with Crippen LogP contribution in [0.4, 0.5) is 4.39 Å². The van der Waals surface area contributed by atoms with Gasteiger partial charge in [0, 0.05) is 16.6 Å². The molecule has 3 heteroatoms. The van der Waals surface area contributed by atoms with E-state index in [2.05, 4.69) is 4.98 Å². The van der Waals surface area contributed by atoms with Crippen LogP contribution >= 0.6 is 0 Å². The van der Waals surface area contributed by atoms with Gasteiger partial charge in [0.1, 0.15) is 11.3 Å². The summed E-state index contributed by atoms with van der Waals surface area (Å²) in [5.41, 5.74) is 1.38. The van der Waals surface area contributed by atoms with Crippen LogP contribution in [0.1, 0.15) is 16.1 Å². The van der Waals surface area contributed by atoms with E-state index >= 15 is 0 Å². The minimum absolute atomic E-state index is 0.259. The molecule has 0 bridgehead atoms. The third kappa shape index (κ3) is 1.27. The molecule has 14 heavy (non-hydrogen) atoms. The molecule has 0 spiro atoms. The van der Waals surface area contributed by atoms with E-state index in [-0.39, 0.29) is 5.52 Å². The van der Waals surface area contributed by atoms with E-state index in [4.69, 9.17) is 0 Å². The fraction of sp³-hybridized carbons (Fsp3) is 0.0909. The number of aromatic nitrogens is 1. The molecular formula is C11H8FNO. The summed E-state index contributed by atoms with van der Waals surface area (Å²) in [6.07, 6.45) is 0.719. The molecule has 70 valence electrons. The standard InChI is InChI=1S/C11H8FNO/c1-7-5-8(6-14)9-3-2-4-10(12)11(9)13-7/h2-6H,1H3. The predicted octanol–water partition coefficient (Wildman–Crippen LogP) is 2.49. The predicted molar refractivity (Wildman–Crippen MR) is 51.8 cm³/mol. The summed E-state index contributed by atoms with van der Waals surface area (Å²) in [5.74, 6) is -0.394. The maximum Gasteiger partial charge on any atom is 0.150 e. The summed E-state index contributed by atoms with van der Waals surface area (Å²) in [5, 5.41) is 0.561. The van der Waals surface area contributed by atoms with Crippen molar-refractivity contribution in [2.75, 3.05) is 0 Å². The van der Waals surface area contributed by atoms with Crippen molar-refractivity contribution in [1.29, 1.82) is 0 Å². The lowest BCUT2D eigenvalue weighted by Gasteiger charge is -2.02. The van der Waals surface area contributed by atoms with E-state index < -0.39 is 5.82 Å². The molecule has 0 N–H and O–H groups in total. The number of fused-ring (bicyclic) bond motifs is 1.